The molecule has 2 rings (SSSR count). The minimum Gasteiger partial charge on any atom is -0.490 e. The highest BCUT2D eigenvalue weighted by Gasteiger charge is 2.05. The topological polar surface area (TPSA) is 62.6 Å². The molecule has 2 N–H and O–H groups in total. The number of hydrogen-bond donors (Lipinski definition) is 2. The number of benzene rings is 1. The molecular weight excluding hydrogens is 206 g/mol. The number of nitrogens with zero attached hydrogens (tertiary/aromatic N) is 1. The van der Waals surface area contributed by atoms with E-state index in [9.17, 15) is 5.11 Å². The zero-order valence-electron chi connectivity index (χ0n) is 8.71. The van der Waals surface area contributed by atoms with Gasteiger partial charge in [0.2, 0.25) is 0 Å². The molecule has 1 aromatic carbocycles. The van der Waals surface area contributed by atoms with Gasteiger partial charge >= 0.3 is 0 Å². The molecule has 84 valence electrons. The molecule has 1 heterocycles. The van der Waals surface area contributed by atoms with Crippen molar-refractivity contribution in [3.05, 3.63) is 36.5 Å². The molecule has 0 bridgehead atoms. The Bertz CT molecular complexity index is 467. The second kappa shape index (κ2) is 4.92. The Kier molecular flexibility index (Phi) is 3.34. The average Bonchev–Trinajstić information content (AvgIpc) is 2.35. The van der Waals surface area contributed by atoms with Gasteiger partial charge in [0.05, 0.1) is 12.1 Å². The molecule has 0 saturated heterocycles. The Morgan fingerprint density at radius 2 is 2.12 bits per heavy atom. The Labute approximate surface area is 93.1 Å². The van der Waals surface area contributed by atoms with E-state index in [0.717, 1.165) is 10.9 Å². The highest BCUT2D eigenvalue weighted by Crippen LogP contribution is 2.23. The molecule has 16 heavy (non-hydrogen) atoms. The van der Waals surface area contributed by atoms with E-state index < -0.39 is 6.10 Å². The zero-order chi connectivity index (χ0) is 11.4. The van der Waals surface area contributed by atoms with E-state index in [1.54, 1.807) is 6.20 Å². The number of hydrogen-bond acceptors (Lipinski definition) is 4. The largest absolute Gasteiger partial charge is 0.490 e. The number of pyridine rings is 1. The lowest BCUT2D eigenvalue weighted by Crippen LogP contribution is -2.21. The summed E-state index contributed by atoms with van der Waals surface area (Å²) in [5, 5.41) is 18.8. The normalized spacial score (nSPS) is 12.6. The summed E-state index contributed by atoms with van der Waals surface area (Å²) in [6.07, 6.45) is 0.862. The van der Waals surface area contributed by atoms with Crippen LogP contribution in [-0.2, 0) is 0 Å². The van der Waals surface area contributed by atoms with Crippen molar-refractivity contribution in [2.75, 3.05) is 13.2 Å². The van der Waals surface area contributed by atoms with Crippen molar-refractivity contribution in [3.8, 4) is 5.75 Å². The maximum atomic E-state index is 9.20. The summed E-state index contributed by atoms with van der Waals surface area (Å²) in [4.78, 5) is 4.20. The van der Waals surface area contributed by atoms with Gasteiger partial charge in [-0.25, -0.2) is 0 Å². The van der Waals surface area contributed by atoms with Crippen LogP contribution in [0.15, 0.2) is 36.5 Å². The summed E-state index contributed by atoms with van der Waals surface area (Å²) < 4.78 is 5.42. The molecule has 0 spiro atoms. The second-order valence-corrected chi connectivity index (χ2v) is 3.47. The van der Waals surface area contributed by atoms with E-state index in [0.29, 0.717) is 5.75 Å². The van der Waals surface area contributed by atoms with Crippen LogP contribution in [-0.4, -0.2) is 34.5 Å². The predicted molar refractivity (Wildman–Crippen MR) is 60.3 cm³/mol. The molecule has 0 aliphatic heterocycles. The number of aromatic nitrogens is 1. The number of aliphatic hydroxyl groups excluding tert-OH is 2. The van der Waals surface area contributed by atoms with Crippen LogP contribution in [0.2, 0.25) is 0 Å². The van der Waals surface area contributed by atoms with Crippen molar-refractivity contribution >= 4 is 10.9 Å². The van der Waals surface area contributed by atoms with Crippen LogP contribution in [0.5, 0.6) is 5.75 Å². The van der Waals surface area contributed by atoms with Gasteiger partial charge in [-0.15, -0.1) is 0 Å². The first kappa shape index (κ1) is 10.9. The molecule has 0 aliphatic carbocycles. The zero-order valence-corrected chi connectivity index (χ0v) is 8.71. The standard InChI is InChI=1S/C12H13NO3/c14-7-9(15)8-16-12-5-1-4-11-10(12)3-2-6-13-11/h1-6,9,14-15H,7-8H2. The Balaban J connectivity index is 2.23. The SMILES string of the molecule is OCC(O)COc1cccc2ncccc12. The van der Waals surface area contributed by atoms with E-state index in [2.05, 4.69) is 4.98 Å². The summed E-state index contributed by atoms with van der Waals surface area (Å²) in [6.45, 7) is -0.229. The van der Waals surface area contributed by atoms with E-state index in [-0.39, 0.29) is 13.2 Å². The van der Waals surface area contributed by atoms with Crippen LogP contribution in [0.25, 0.3) is 10.9 Å². The third-order valence-corrected chi connectivity index (χ3v) is 2.25. The molecule has 0 fully saturated rings. The first-order valence-electron chi connectivity index (χ1n) is 5.06. The molecule has 4 heteroatoms. The van der Waals surface area contributed by atoms with Gasteiger partial charge in [-0.05, 0) is 24.3 Å². The maximum Gasteiger partial charge on any atom is 0.128 e. The van der Waals surface area contributed by atoms with Gasteiger partial charge in [-0.2, -0.15) is 0 Å². The smallest absolute Gasteiger partial charge is 0.128 e. The lowest BCUT2D eigenvalue weighted by Gasteiger charge is -2.11. The van der Waals surface area contributed by atoms with E-state index in [1.165, 1.54) is 0 Å². The fraction of sp³-hybridized carbons (Fsp3) is 0.250. The Morgan fingerprint density at radius 3 is 2.94 bits per heavy atom. The fourth-order valence-electron chi connectivity index (χ4n) is 1.44. The summed E-state index contributed by atoms with van der Waals surface area (Å²) in [5.74, 6) is 0.665. The lowest BCUT2D eigenvalue weighted by molar-refractivity contribution is 0.0541. The van der Waals surface area contributed by atoms with Crippen LogP contribution < -0.4 is 4.74 Å². The van der Waals surface area contributed by atoms with Gasteiger partial charge < -0.3 is 14.9 Å². The summed E-state index contributed by atoms with van der Waals surface area (Å²) in [5.41, 5.74) is 0.846. The number of aliphatic hydroxyl groups is 2. The lowest BCUT2D eigenvalue weighted by atomic mass is 10.2. The van der Waals surface area contributed by atoms with Gasteiger partial charge in [0.15, 0.2) is 0 Å². The van der Waals surface area contributed by atoms with Crippen LogP contribution in [0.1, 0.15) is 0 Å². The quantitative estimate of drug-likeness (QED) is 0.804. The van der Waals surface area contributed by atoms with Crippen molar-refractivity contribution in [3.63, 3.8) is 0 Å². The summed E-state index contributed by atoms with van der Waals surface area (Å²) in [7, 11) is 0. The van der Waals surface area contributed by atoms with Gasteiger partial charge in [0, 0.05) is 11.6 Å². The molecule has 4 nitrogen and oxygen atoms in total. The van der Waals surface area contributed by atoms with Crippen LogP contribution in [0, 0.1) is 0 Å². The minimum absolute atomic E-state index is 0.0739. The van der Waals surface area contributed by atoms with Gasteiger partial charge in [0.1, 0.15) is 18.5 Å². The summed E-state index contributed by atoms with van der Waals surface area (Å²) in [6, 6.07) is 9.29. The van der Waals surface area contributed by atoms with Crippen molar-refractivity contribution in [1.82, 2.24) is 4.98 Å². The predicted octanol–water partition coefficient (Wildman–Crippen LogP) is 0.967. The molecule has 0 amide bonds. The van der Waals surface area contributed by atoms with Crippen LogP contribution in [0.3, 0.4) is 0 Å². The monoisotopic (exact) mass is 219 g/mol. The average molecular weight is 219 g/mol. The number of fused-ring (bicyclic) bond motifs is 1. The third-order valence-electron chi connectivity index (χ3n) is 2.25. The van der Waals surface area contributed by atoms with Gasteiger partial charge in [-0.3, -0.25) is 4.98 Å². The third kappa shape index (κ3) is 2.29. The van der Waals surface area contributed by atoms with Gasteiger partial charge in [0.25, 0.3) is 0 Å². The van der Waals surface area contributed by atoms with E-state index >= 15 is 0 Å². The fourth-order valence-corrected chi connectivity index (χ4v) is 1.44. The number of rotatable bonds is 4. The number of ether oxygens (including phenoxy) is 1. The molecular formula is C12H13NO3. The van der Waals surface area contributed by atoms with Gasteiger partial charge in [-0.1, -0.05) is 6.07 Å². The molecule has 0 saturated carbocycles. The van der Waals surface area contributed by atoms with E-state index in [1.807, 2.05) is 30.3 Å². The van der Waals surface area contributed by atoms with Crippen molar-refractivity contribution in [1.29, 1.82) is 0 Å². The minimum atomic E-state index is -0.855. The molecule has 0 aliphatic rings. The molecule has 1 unspecified atom stereocenters. The van der Waals surface area contributed by atoms with E-state index in [4.69, 9.17) is 9.84 Å². The first-order valence-corrected chi connectivity index (χ1v) is 5.06. The first-order chi connectivity index (χ1) is 7.81. The highest BCUT2D eigenvalue weighted by molar-refractivity contribution is 5.84. The molecule has 1 aromatic heterocycles. The molecule has 1 atom stereocenters. The Morgan fingerprint density at radius 1 is 1.25 bits per heavy atom. The Hall–Kier alpha value is -1.65. The maximum absolute atomic E-state index is 9.20. The highest BCUT2D eigenvalue weighted by atomic mass is 16.5. The van der Waals surface area contributed by atoms with Crippen LogP contribution >= 0.6 is 0 Å². The van der Waals surface area contributed by atoms with Crippen molar-refractivity contribution < 1.29 is 14.9 Å². The molecule has 0 radical (unpaired) electrons. The summed E-state index contributed by atoms with van der Waals surface area (Å²) >= 11 is 0. The molecule has 2 aromatic rings. The van der Waals surface area contributed by atoms with Crippen molar-refractivity contribution in [2.45, 2.75) is 6.10 Å². The van der Waals surface area contributed by atoms with Crippen LogP contribution in [0.4, 0.5) is 0 Å². The van der Waals surface area contributed by atoms with Crippen molar-refractivity contribution in [2.24, 2.45) is 0 Å². The second-order valence-electron chi connectivity index (χ2n) is 3.47.